The number of hydrogen-bond donors (Lipinski definition) is 2. The van der Waals surface area contributed by atoms with Gasteiger partial charge in [-0.05, 0) is 48.6 Å². The van der Waals surface area contributed by atoms with Crippen molar-refractivity contribution in [3.63, 3.8) is 0 Å². The van der Waals surface area contributed by atoms with Gasteiger partial charge in [-0.3, -0.25) is 0 Å². The number of aryl methyl sites for hydroxylation is 1. The summed E-state index contributed by atoms with van der Waals surface area (Å²) >= 11 is 0. The number of amides is 2. The van der Waals surface area contributed by atoms with Crippen LogP contribution in [0.5, 0.6) is 0 Å². The van der Waals surface area contributed by atoms with Crippen LogP contribution in [-0.2, 0) is 17.6 Å². The first kappa shape index (κ1) is 23.4. The molecule has 1 aliphatic rings. The molecule has 0 spiro atoms. The van der Waals surface area contributed by atoms with E-state index in [0.29, 0.717) is 23.1 Å². The van der Waals surface area contributed by atoms with Gasteiger partial charge in [-0.2, -0.15) is 0 Å². The van der Waals surface area contributed by atoms with Gasteiger partial charge in [-0.15, -0.1) is 5.10 Å². The van der Waals surface area contributed by atoms with Crippen LogP contribution in [0.3, 0.4) is 0 Å². The fraction of sp³-hybridized carbons (Fsp3) is 0.250. The summed E-state index contributed by atoms with van der Waals surface area (Å²) in [6.07, 6.45) is 4.46. The third-order valence-corrected chi connectivity index (χ3v) is 6.52. The minimum atomic E-state index is -0.470. The molecule has 0 radical (unpaired) electrons. The number of hydrogen-bond acceptors (Lipinski definition) is 5. The maximum Gasteiger partial charge on any atom is 0.331 e. The number of carbonyl (C=O) groups excluding carboxylic acids is 2. The maximum atomic E-state index is 12.9. The lowest BCUT2D eigenvalue weighted by atomic mass is 9.95. The van der Waals surface area contributed by atoms with E-state index in [1.54, 1.807) is 24.4 Å². The van der Waals surface area contributed by atoms with Crippen molar-refractivity contribution in [3.8, 4) is 0 Å². The zero-order valence-electron chi connectivity index (χ0n) is 20.2. The second-order valence-corrected chi connectivity index (χ2v) is 8.92. The molecular weight excluding hydrogens is 454 g/mol. The lowest BCUT2D eigenvalue weighted by Crippen LogP contribution is -2.48. The minimum Gasteiger partial charge on any atom is -0.366 e. The molecule has 8 heteroatoms. The predicted molar refractivity (Wildman–Crippen MR) is 140 cm³/mol. The molecule has 4 aromatic rings. The first-order valence-corrected chi connectivity index (χ1v) is 12.2. The molecule has 3 aromatic carbocycles. The van der Waals surface area contributed by atoms with E-state index in [4.69, 9.17) is 4.84 Å². The van der Waals surface area contributed by atoms with Crippen molar-refractivity contribution in [2.75, 3.05) is 23.3 Å². The topological polar surface area (TPSA) is 88.5 Å². The number of aromatic nitrogens is 2. The van der Waals surface area contributed by atoms with Crippen LogP contribution in [0.1, 0.15) is 24.5 Å². The van der Waals surface area contributed by atoms with E-state index < -0.39 is 5.97 Å². The average molecular weight is 484 g/mol. The number of benzene rings is 3. The first-order valence-electron chi connectivity index (χ1n) is 12.2. The molecular formula is C28H29N5O3. The number of fused-ring (bicyclic) bond motifs is 2. The Morgan fingerprint density at radius 1 is 1.03 bits per heavy atom. The van der Waals surface area contributed by atoms with Crippen molar-refractivity contribution in [2.45, 2.75) is 32.2 Å². The van der Waals surface area contributed by atoms with Crippen LogP contribution in [0.4, 0.5) is 16.2 Å². The largest absolute Gasteiger partial charge is 0.366 e. The van der Waals surface area contributed by atoms with Crippen LogP contribution >= 0.6 is 0 Å². The van der Waals surface area contributed by atoms with E-state index in [-0.39, 0.29) is 12.1 Å². The van der Waals surface area contributed by atoms with E-state index in [2.05, 4.69) is 69.2 Å². The Kier molecular flexibility index (Phi) is 6.84. The molecule has 184 valence electrons. The quantitative estimate of drug-likeness (QED) is 0.411. The van der Waals surface area contributed by atoms with Crippen LogP contribution in [0.2, 0.25) is 0 Å². The molecule has 1 aromatic heterocycles. The summed E-state index contributed by atoms with van der Waals surface area (Å²) in [7, 11) is 0. The Bertz CT molecular complexity index is 1370. The Morgan fingerprint density at radius 3 is 2.67 bits per heavy atom. The molecule has 1 aliphatic heterocycles. The minimum absolute atomic E-state index is 0.192. The smallest absolute Gasteiger partial charge is 0.331 e. The fourth-order valence-corrected chi connectivity index (χ4v) is 4.79. The van der Waals surface area contributed by atoms with E-state index in [1.165, 1.54) is 23.7 Å². The maximum absolute atomic E-state index is 12.9. The van der Waals surface area contributed by atoms with Gasteiger partial charge in [0.25, 0.3) is 0 Å². The summed E-state index contributed by atoms with van der Waals surface area (Å²) in [5.74, 6) is -0.470. The highest BCUT2D eigenvalue weighted by Crippen LogP contribution is 2.30. The number of carbonyl (C=O) groups is 2. The van der Waals surface area contributed by atoms with E-state index in [0.717, 1.165) is 30.7 Å². The summed E-state index contributed by atoms with van der Waals surface area (Å²) in [6, 6.07) is 24.3. The van der Waals surface area contributed by atoms with Crippen LogP contribution in [-0.4, -0.2) is 41.1 Å². The van der Waals surface area contributed by atoms with Crippen LogP contribution in [0, 0.1) is 0 Å². The summed E-state index contributed by atoms with van der Waals surface area (Å²) in [4.78, 5) is 32.8. The van der Waals surface area contributed by atoms with Crippen LogP contribution in [0.25, 0.3) is 10.9 Å². The van der Waals surface area contributed by atoms with Crippen molar-refractivity contribution >= 4 is 34.3 Å². The van der Waals surface area contributed by atoms with Gasteiger partial charge in [0.15, 0.2) is 0 Å². The molecule has 2 heterocycles. The average Bonchev–Trinajstić information content (AvgIpc) is 3.30. The number of nitrogens with one attached hydrogen (secondary N) is 2. The highest BCUT2D eigenvalue weighted by atomic mass is 16.7. The summed E-state index contributed by atoms with van der Waals surface area (Å²) in [6.45, 7) is 2.72. The molecule has 0 saturated heterocycles. The molecule has 2 N–H and O–H groups in total. The van der Waals surface area contributed by atoms with Crippen LogP contribution < -0.4 is 20.4 Å². The third-order valence-electron chi connectivity index (χ3n) is 6.52. The fourth-order valence-electron chi connectivity index (χ4n) is 4.79. The zero-order valence-corrected chi connectivity index (χ0v) is 20.2. The molecule has 8 nitrogen and oxygen atoms in total. The SMILES string of the molecule is CC(=O)On1ncc2c(NC(=O)NCC3CCc4ccccc4N3CCc3ccccc3)cccc21. The highest BCUT2D eigenvalue weighted by Gasteiger charge is 2.26. The van der Waals surface area contributed by atoms with Gasteiger partial charge in [0.2, 0.25) is 0 Å². The van der Waals surface area contributed by atoms with Gasteiger partial charge < -0.3 is 20.4 Å². The van der Waals surface area contributed by atoms with Crippen molar-refractivity contribution in [1.29, 1.82) is 0 Å². The second-order valence-electron chi connectivity index (χ2n) is 8.92. The Labute approximate surface area is 209 Å². The molecule has 0 fully saturated rings. The molecule has 5 rings (SSSR count). The lowest BCUT2D eigenvalue weighted by molar-refractivity contribution is -0.142. The lowest BCUT2D eigenvalue weighted by Gasteiger charge is -2.39. The molecule has 36 heavy (non-hydrogen) atoms. The highest BCUT2D eigenvalue weighted by molar-refractivity contribution is 6.00. The standard InChI is InChI=1S/C28H29N5O3/c1-20(34)36-33-27-13-7-11-25(24(27)19-30-33)31-28(35)29-18-23-15-14-22-10-5-6-12-26(22)32(23)17-16-21-8-3-2-4-9-21/h2-13,19,23H,14-18H2,1H3,(H2,29,31,35). The summed E-state index contributed by atoms with van der Waals surface area (Å²) in [5, 5.41) is 10.8. The number of urea groups is 1. The van der Waals surface area contributed by atoms with Gasteiger partial charge in [0.1, 0.15) is 5.52 Å². The molecule has 0 aliphatic carbocycles. The van der Waals surface area contributed by atoms with E-state index in [9.17, 15) is 9.59 Å². The number of rotatable bonds is 7. The van der Waals surface area contributed by atoms with E-state index in [1.807, 2.05) is 6.07 Å². The summed E-state index contributed by atoms with van der Waals surface area (Å²) < 4.78 is 0. The number of nitrogens with zero attached hydrogens (tertiary/aromatic N) is 3. The number of para-hydroxylation sites is 1. The Morgan fingerprint density at radius 2 is 1.83 bits per heavy atom. The second kappa shape index (κ2) is 10.5. The predicted octanol–water partition coefficient (Wildman–Crippen LogP) is 4.20. The Hall–Kier alpha value is -4.33. The summed E-state index contributed by atoms with van der Waals surface area (Å²) in [5.41, 5.74) is 5.09. The first-order chi connectivity index (χ1) is 17.6. The molecule has 0 bridgehead atoms. The van der Waals surface area contributed by atoms with Gasteiger partial charge in [-0.25, -0.2) is 9.59 Å². The monoisotopic (exact) mass is 483 g/mol. The molecule has 1 unspecified atom stereocenters. The zero-order chi connectivity index (χ0) is 24.9. The van der Waals surface area contributed by atoms with Gasteiger partial charge in [0.05, 0.1) is 11.9 Å². The van der Waals surface area contributed by atoms with Crippen LogP contribution in [0.15, 0.2) is 79.0 Å². The molecule has 0 saturated carbocycles. The van der Waals surface area contributed by atoms with Crippen molar-refractivity contribution in [3.05, 3.63) is 90.1 Å². The van der Waals surface area contributed by atoms with Crippen molar-refractivity contribution < 1.29 is 14.4 Å². The Balaban J connectivity index is 1.26. The third kappa shape index (κ3) is 5.17. The van der Waals surface area contributed by atoms with Crippen molar-refractivity contribution in [1.82, 2.24) is 15.3 Å². The van der Waals surface area contributed by atoms with Gasteiger partial charge >= 0.3 is 12.0 Å². The van der Waals surface area contributed by atoms with Gasteiger partial charge in [-0.1, -0.05) is 59.4 Å². The molecule has 1 atom stereocenters. The van der Waals surface area contributed by atoms with E-state index >= 15 is 0 Å². The molecule has 2 amide bonds. The normalized spacial score (nSPS) is 14.8. The number of anilines is 2. The van der Waals surface area contributed by atoms with Crippen molar-refractivity contribution in [2.24, 2.45) is 0 Å². The van der Waals surface area contributed by atoms with Gasteiger partial charge in [0, 0.05) is 37.1 Å².